The summed E-state index contributed by atoms with van der Waals surface area (Å²) in [6.45, 7) is 4.60. The second-order valence-corrected chi connectivity index (χ2v) is 7.27. The number of methoxy groups -OCH3 is 1. The van der Waals surface area contributed by atoms with E-state index in [1.165, 1.54) is 24.1 Å². The number of nitrogens with zero attached hydrogens (tertiary/aromatic N) is 3. The Morgan fingerprint density at radius 3 is 2.73 bits per heavy atom. The van der Waals surface area contributed by atoms with Gasteiger partial charge in [0.15, 0.2) is 11.6 Å². The molecule has 0 aliphatic carbocycles. The number of ether oxygens (including phenoxy) is 2. The summed E-state index contributed by atoms with van der Waals surface area (Å²) in [5.74, 6) is 0.0942. The van der Waals surface area contributed by atoms with E-state index in [0.29, 0.717) is 49.1 Å². The van der Waals surface area contributed by atoms with Gasteiger partial charge in [-0.15, -0.1) is 0 Å². The SMILES string of the molecule is COc1ccc(CN(C)C(=O)CCc2c(C)nc(N3CCOCC3)[nH]c2=O)cc1F. The fourth-order valence-electron chi connectivity index (χ4n) is 3.41. The highest BCUT2D eigenvalue weighted by Gasteiger charge is 2.18. The number of anilines is 1. The van der Waals surface area contributed by atoms with Crippen LogP contribution in [0, 0.1) is 12.7 Å². The van der Waals surface area contributed by atoms with Crippen molar-refractivity contribution >= 4 is 11.9 Å². The molecule has 1 saturated heterocycles. The Morgan fingerprint density at radius 1 is 1.37 bits per heavy atom. The van der Waals surface area contributed by atoms with Gasteiger partial charge in [-0.2, -0.15) is 0 Å². The van der Waals surface area contributed by atoms with E-state index in [0.717, 1.165) is 0 Å². The van der Waals surface area contributed by atoms with E-state index in [1.807, 2.05) is 4.90 Å². The van der Waals surface area contributed by atoms with Crippen molar-refractivity contribution in [3.63, 3.8) is 0 Å². The lowest BCUT2D eigenvalue weighted by atomic mass is 10.1. The van der Waals surface area contributed by atoms with Crippen LogP contribution in [0.5, 0.6) is 5.75 Å². The Kier molecular flexibility index (Phi) is 7.04. The fourth-order valence-corrected chi connectivity index (χ4v) is 3.41. The van der Waals surface area contributed by atoms with Gasteiger partial charge in [-0.25, -0.2) is 9.37 Å². The summed E-state index contributed by atoms with van der Waals surface area (Å²) in [6.07, 6.45) is 0.454. The molecule has 0 spiro atoms. The molecule has 1 aliphatic rings. The zero-order chi connectivity index (χ0) is 21.7. The first-order valence-corrected chi connectivity index (χ1v) is 9.88. The van der Waals surface area contributed by atoms with E-state index in [4.69, 9.17) is 9.47 Å². The average Bonchev–Trinajstić information content (AvgIpc) is 2.73. The third kappa shape index (κ3) is 5.15. The molecule has 1 aromatic carbocycles. The number of aromatic amines is 1. The van der Waals surface area contributed by atoms with Crippen LogP contribution < -0.4 is 15.2 Å². The minimum absolute atomic E-state index is 0.137. The molecule has 1 N–H and O–H groups in total. The maximum atomic E-state index is 13.8. The van der Waals surface area contributed by atoms with Crippen molar-refractivity contribution in [1.82, 2.24) is 14.9 Å². The van der Waals surface area contributed by atoms with Gasteiger partial charge in [-0.3, -0.25) is 14.6 Å². The summed E-state index contributed by atoms with van der Waals surface area (Å²) in [4.78, 5) is 35.9. The van der Waals surface area contributed by atoms with Crippen molar-refractivity contribution in [2.75, 3.05) is 45.4 Å². The molecule has 3 rings (SSSR count). The van der Waals surface area contributed by atoms with Crippen LogP contribution >= 0.6 is 0 Å². The molecule has 1 aliphatic heterocycles. The number of aryl methyl sites for hydroxylation is 1. The maximum Gasteiger partial charge on any atom is 0.255 e. The molecule has 2 heterocycles. The van der Waals surface area contributed by atoms with Crippen molar-refractivity contribution in [2.45, 2.75) is 26.3 Å². The zero-order valence-electron chi connectivity index (χ0n) is 17.5. The second kappa shape index (κ2) is 9.71. The van der Waals surface area contributed by atoms with Crippen LogP contribution in [0.4, 0.5) is 10.3 Å². The number of H-pyrrole nitrogens is 1. The van der Waals surface area contributed by atoms with E-state index >= 15 is 0 Å². The van der Waals surface area contributed by atoms with Crippen molar-refractivity contribution < 1.29 is 18.7 Å². The van der Waals surface area contributed by atoms with Gasteiger partial charge in [-0.1, -0.05) is 6.07 Å². The number of benzene rings is 1. The number of aromatic nitrogens is 2. The van der Waals surface area contributed by atoms with E-state index in [1.54, 1.807) is 20.0 Å². The van der Waals surface area contributed by atoms with Crippen molar-refractivity contribution in [2.24, 2.45) is 0 Å². The topological polar surface area (TPSA) is 87.8 Å². The van der Waals surface area contributed by atoms with Gasteiger partial charge < -0.3 is 19.3 Å². The molecule has 1 amide bonds. The summed E-state index contributed by atoms with van der Waals surface area (Å²) in [6, 6.07) is 4.61. The van der Waals surface area contributed by atoms with Crippen LogP contribution in [0.1, 0.15) is 23.2 Å². The lowest BCUT2D eigenvalue weighted by Crippen LogP contribution is -2.38. The first kappa shape index (κ1) is 21.8. The molecule has 30 heavy (non-hydrogen) atoms. The maximum absolute atomic E-state index is 13.8. The Balaban J connectivity index is 1.61. The highest BCUT2D eigenvalue weighted by molar-refractivity contribution is 5.76. The summed E-state index contributed by atoms with van der Waals surface area (Å²) < 4.78 is 24.1. The third-order valence-electron chi connectivity index (χ3n) is 5.17. The fraction of sp³-hybridized carbons (Fsp3) is 0.476. The molecular formula is C21H27FN4O4. The van der Waals surface area contributed by atoms with E-state index in [2.05, 4.69) is 9.97 Å². The Labute approximate surface area is 174 Å². The summed E-state index contributed by atoms with van der Waals surface area (Å²) >= 11 is 0. The smallest absolute Gasteiger partial charge is 0.255 e. The van der Waals surface area contributed by atoms with Gasteiger partial charge in [0.05, 0.1) is 20.3 Å². The molecule has 2 aromatic rings. The molecule has 1 fully saturated rings. The largest absolute Gasteiger partial charge is 0.494 e. The van der Waals surface area contributed by atoms with Crippen molar-refractivity contribution in [1.29, 1.82) is 0 Å². The van der Waals surface area contributed by atoms with Gasteiger partial charge in [0.1, 0.15) is 0 Å². The number of amides is 1. The number of carbonyl (C=O) groups is 1. The molecule has 0 saturated carbocycles. The van der Waals surface area contributed by atoms with Crippen LogP contribution in [0.15, 0.2) is 23.0 Å². The number of morpholine rings is 1. The van der Waals surface area contributed by atoms with E-state index < -0.39 is 5.82 Å². The second-order valence-electron chi connectivity index (χ2n) is 7.27. The lowest BCUT2D eigenvalue weighted by molar-refractivity contribution is -0.130. The van der Waals surface area contributed by atoms with Crippen molar-refractivity contribution in [3.05, 3.63) is 51.2 Å². The molecule has 0 bridgehead atoms. The standard InChI is InChI=1S/C21H27FN4O4/c1-14-16(20(28)24-21(23-14)26-8-10-30-11-9-26)5-7-19(27)25(2)13-15-4-6-18(29-3)17(22)12-15/h4,6,12H,5,7-11,13H2,1-3H3,(H,23,24,28). The first-order valence-electron chi connectivity index (χ1n) is 9.88. The zero-order valence-corrected chi connectivity index (χ0v) is 17.5. The molecular weight excluding hydrogens is 391 g/mol. The van der Waals surface area contributed by atoms with Crippen LogP contribution in [-0.4, -0.2) is 61.2 Å². The third-order valence-corrected chi connectivity index (χ3v) is 5.17. The van der Waals surface area contributed by atoms with Crippen LogP contribution in [0.3, 0.4) is 0 Å². The number of carbonyl (C=O) groups excluding carboxylic acids is 1. The molecule has 9 heteroatoms. The lowest BCUT2D eigenvalue weighted by Gasteiger charge is -2.27. The highest BCUT2D eigenvalue weighted by Crippen LogP contribution is 2.19. The molecule has 0 atom stereocenters. The Morgan fingerprint density at radius 2 is 2.10 bits per heavy atom. The Hall–Kier alpha value is -2.94. The molecule has 162 valence electrons. The highest BCUT2D eigenvalue weighted by atomic mass is 19.1. The minimum atomic E-state index is -0.468. The van der Waals surface area contributed by atoms with E-state index in [-0.39, 0.29) is 36.6 Å². The van der Waals surface area contributed by atoms with Crippen LogP contribution in [-0.2, 0) is 22.5 Å². The number of halogens is 1. The molecule has 0 radical (unpaired) electrons. The summed E-state index contributed by atoms with van der Waals surface area (Å²) in [5, 5.41) is 0. The van der Waals surface area contributed by atoms with Crippen LogP contribution in [0.25, 0.3) is 0 Å². The number of hydrogen-bond donors (Lipinski definition) is 1. The predicted octanol–water partition coefficient (Wildman–Crippen LogP) is 1.65. The molecule has 0 unspecified atom stereocenters. The molecule has 8 nitrogen and oxygen atoms in total. The normalized spacial score (nSPS) is 13.9. The van der Waals surface area contributed by atoms with E-state index in [9.17, 15) is 14.0 Å². The number of nitrogens with one attached hydrogen (secondary N) is 1. The number of hydrogen-bond acceptors (Lipinski definition) is 6. The van der Waals surface area contributed by atoms with Gasteiger partial charge >= 0.3 is 0 Å². The summed E-state index contributed by atoms with van der Waals surface area (Å²) in [5.41, 5.74) is 1.56. The minimum Gasteiger partial charge on any atom is -0.494 e. The molecule has 1 aromatic heterocycles. The van der Waals surface area contributed by atoms with Gasteiger partial charge in [0, 0.05) is 44.4 Å². The average molecular weight is 418 g/mol. The quantitative estimate of drug-likeness (QED) is 0.736. The Bertz CT molecular complexity index is 957. The number of rotatable bonds is 7. The van der Waals surface area contributed by atoms with Gasteiger partial charge in [0.25, 0.3) is 5.56 Å². The summed E-state index contributed by atoms with van der Waals surface area (Å²) in [7, 11) is 3.06. The van der Waals surface area contributed by atoms with Crippen molar-refractivity contribution in [3.8, 4) is 5.75 Å². The van der Waals surface area contributed by atoms with Gasteiger partial charge in [0.2, 0.25) is 11.9 Å². The van der Waals surface area contributed by atoms with Crippen LogP contribution in [0.2, 0.25) is 0 Å². The first-order chi connectivity index (χ1) is 14.4. The predicted molar refractivity (Wildman–Crippen MR) is 110 cm³/mol. The monoisotopic (exact) mass is 418 g/mol. The van der Waals surface area contributed by atoms with Gasteiger partial charge in [-0.05, 0) is 31.0 Å².